The van der Waals surface area contributed by atoms with Crippen molar-refractivity contribution in [2.45, 2.75) is 41.0 Å². The normalized spacial score (nSPS) is 27.2. The molecule has 2 rings (SSSR count). The zero-order valence-electron chi connectivity index (χ0n) is 12.2. The summed E-state index contributed by atoms with van der Waals surface area (Å²) in [6, 6.07) is 6.81. The third kappa shape index (κ3) is 2.58. The van der Waals surface area contributed by atoms with Gasteiger partial charge in [-0.3, -0.25) is 0 Å². The molecule has 0 bridgehead atoms. The molecule has 0 nitrogen and oxygen atoms in total. The van der Waals surface area contributed by atoms with Crippen LogP contribution in [0, 0.1) is 25.2 Å². The molecule has 0 aromatic heterocycles. The van der Waals surface area contributed by atoms with Gasteiger partial charge in [0.15, 0.2) is 0 Å². The summed E-state index contributed by atoms with van der Waals surface area (Å²) in [5.41, 5.74) is 5.89. The van der Waals surface area contributed by atoms with Gasteiger partial charge in [-0.25, -0.2) is 0 Å². The van der Waals surface area contributed by atoms with E-state index >= 15 is 0 Å². The molecule has 2 unspecified atom stereocenters. The number of benzene rings is 1. The van der Waals surface area contributed by atoms with Crippen LogP contribution in [0.5, 0.6) is 0 Å². The molecule has 0 heteroatoms. The Bertz CT molecular complexity index is 505. The average Bonchev–Trinajstić information content (AvgIpc) is 2.29. The Morgan fingerprint density at radius 1 is 1.17 bits per heavy atom. The lowest BCUT2D eigenvalue weighted by molar-refractivity contribution is 0.320. The quantitative estimate of drug-likeness (QED) is 0.682. The lowest BCUT2D eigenvalue weighted by Gasteiger charge is -2.34. The van der Waals surface area contributed by atoms with Crippen LogP contribution < -0.4 is 0 Å². The van der Waals surface area contributed by atoms with Crippen molar-refractivity contribution in [3.05, 3.63) is 58.7 Å². The average molecular weight is 240 g/mol. The standard InChI is InChI=1S/C18H24/c1-13-6-7-17(15(3)10-13)12-18(5)9-8-14(2)11-16(18)4/h6-11,16H,12H2,1-5H3. The molecule has 2 atom stereocenters. The van der Waals surface area contributed by atoms with Gasteiger partial charge in [0.1, 0.15) is 0 Å². The molecule has 0 amide bonds. The van der Waals surface area contributed by atoms with E-state index in [9.17, 15) is 0 Å². The minimum Gasteiger partial charge on any atom is -0.0779 e. The van der Waals surface area contributed by atoms with Gasteiger partial charge in [0.05, 0.1) is 0 Å². The molecule has 0 spiro atoms. The smallest absolute Gasteiger partial charge is 0.00426 e. The van der Waals surface area contributed by atoms with Crippen LogP contribution in [0.2, 0.25) is 0 Å². The molecule has 1 aliphatic rings. The zero-order chi connectivity index (χ0) is 13.3. The fourth-order valence-corrected chi connectivity index (χ4v) is 2.79. The Morgan fingerprint density at radius 2 is 1.89 bits per heavy atom. The lowest BCUT2D eigenvalue weighted by atomic mass is 9.70. The Kier molecular flexibility index (Phi) is 3.47. The van der Waals surface area contributed by atoms with E-state index in [1.54, 1.807) is 0 Å². The molecule has 0 radical (unpaired) electrons. The van der Waals surface area contributed by atoms with Crippen molar-refractivity contribution in [1.29, 1.82) is 0 Å². The number of allylic oxidation sites excluding steroid dienone is 4. The van der Waals surface area contributed by atoms with Crippen molar-refractivity contribution in [1.82, 2.24) is 0 Å². The highest BCUT2D eigenvalue weighted by Crippen LogP contribution is 2.38. The molecule has 0 saturated heterocycles. The summed E-state index contributed by atoms with van der Waals surface area (Å²) >= 11 is 0. The van der Waals surface area contributed by atoms with Crippen LogP contribution in [-0.2, 0) is 6.42 Å². The van der Waals surface area contributed by atoms with Gasteiger partial charge >= 0.3 is 0 Å². The van der Waals surface area contributed by atoms with Crippen molar-refractivity contribution in [2.75, 3.05) is 0 Å². The number of hydrogen-bond donors (Lipinski definition) is 0. The SMILES string of the molecule is CC1=CC(C)C(C)(Cc2ccc(C)cc2C)C=C1. The predicted molar refractivity (Wildman–Crippen MR) is 79.8 cm³/mol. The maximum atomic E-state index is 2.40. The summed E-state index contributed by atoms with van der Waals surface area (Å²) in [4.78, 5) is 0. The molecule has 0 saturated carbocycles. The third-order valence-corrected chi connectivity index (χ3v) is 4.35. The Hall–Kier alpha value is -1.30. The second kappa shape index (κ2) is 4.76. The molecule has 1 aromatic rings. The first-order chi connectivity index (χ1) is 8.40. The van der Waals surface area contributed by atoms with Crippen LogP contribution in [0.25, 0.3) is 0 Å². The van der Waals surface area contributed by atoms with E-state index < -0.39 is 0 Å². The van der Waals surface area contributed by atoms with E-state index in [0.29, 0.717) is 5.92 Å². The van der Waals surface area contributed by atoms with E-state index in [4.69, 9.17) is 0 Å². The first kappa shape index (κ1) is 13.1. The number of hydrogen-bond acceptors (Lipinski definition) is 0. The van der Waals surface area contributed by atoms with Crippen LogP contribution in [0.15, 0.2) is 42.0 Å². The van der Waals surface area contributed by atoms with E-state index in [1.807, 2.05) is 0 Å². The van der Waals surface area contributed by atoms with Gasteiger partial charge < -0.3 is 0 Å². The molecule has 0 aliphatic heterocycles. The molecule has 18 heavy (non-hydrogen) atoms. The fourth-order valence-electron chi connectivity index (χ4n) is 2.79. The van der Waals surface area contributed by atoms with Crippen LogP contribution in [-0.4, -0.2) is 0 Å². The maximum absolute atomic E-state index is 2.40. The minimum atomic E-state index is 0.250. The highest BCUT2D eigenvalue weighted by atomic mass is 14.3. The molecule has 0 fully saturated rings. The molecular weight excluding hydrogens is 216 g/mol. The zero-order valence-corrected chi connectivity index (χ0v) is 12.2. The first-order valence-electron chi connectivity index (χ1n) is 6.84. The van der Waals surface area contributed by atoms with Gasteiger partial charge in [-0.05, 0) is 49.7 Å². The van der Waals surface area contributed by atoms with Gasteiger partial charge in [0, 0.05) is 0 Å². The maximum Gasteiger partial charge on any atom is -0.00426 e. The monoisotopic (exact) mass is 240 g/mol. The van der Waals surface area contributed by atoms with Gasteiger partial charge in [0.2, 0.25) is 0 Å². The molecule has 0 heterocycles. The Balaban J connectivity index is 2.26. The van der Waals surface area contributed by atoms with Gasteiger partial charge in [-0.2, -0.15) is 0 Å². The second-order valence-electron chi connectivity index (χ2n) is 6.15. The summed E-state index contributed by atoms with van der Waals surface area (Å²) in [6.07, 6.45) is 8.18. The van der Waals surface area contributed by atoms with Crippen molar-refractivity contribution >= 4 is 0 Å². The predicted octanol–water partition coefficient (Wildman–Crippen LogP) is 5.00. The molecule has 0 N–H and O–H groups in total. The van der Waals surface area contributed by atoms with Crippen LogP contribution in [0.1, 0.15) is 37.5 Å². The number of rotatable bonds is 2. The van der Waals surface area contributed by atoms with Crippen LogP contribution in [0.4, 0.5) is 0 Å². The largest absolute Gasteiger partial charge is 0.0779 e. The lowest BCUT2D eigenvalue weighted by Crippen LogP contribution is -2.27. The van der Waals surface area contributed by atoms with Crippen LogP contribution >= 0.6 is 0 Å². The van der Waals surface area contributed by atoms with Crippen molar-refractivity contribution in [3.8, 4) is 0 Å². The van der Waals surface area contributed by atoms with E-state index in [0.717, 1.165) is 6.42 Å². The summed E-state index contributed by atoms with van der Waals surface area (Å²) in [6.45, 7) is 11.3. The van der Waals surface area contributed by atoms with E-state index in [2.05, 4.69) is 71.0 Å². The molecule has 1 aliphatic carbocycles. The minimum absolute atomic E-state index is 0.250. The summed E-state index contributed by atoms with van der Waals surface area (Å²) in [5.74, 6) is 0.600. The van der Waals surface area contributed by atoms with Crippen molar-refractivity contribution in [2.24, 2.45) is 11.3 Å². The topological polar surface area (TPSA) is 0 Å². The van der Waals surface area contributed by atoms with Gasteiger partial charge in [-0.1, -0.05) is 61.4 Å². The Labute approximate surface area is 111 Å². The van der Waals surface area contributed by atoms with Gasteiger partial charge in [-0.15, -0.1) is 0 Å². The molecule has 96 valence electrons. The Morgan fingerprint density at radius 3 is 2.50 bits per heavy atom. The van der Waals surface area contributed by atoms with Crippen molar-refractivity contribution in [3.63, 3.8) is 0 Å². The third-order valence-electron chi connectivity index (χ3n) is 4.35. The summed E-state index contributed by atoms with van der Waals surface area (Å²) < 4.78 is 0. The summed E-state index contributed by atoms with van der Waals surface area (Å²) in [7, 11) is 0. The van der Waals surface area contributed by atoms with E-state index in [-0.39, 0.29) is 5.41 Å². The highest BCUT2D eigenvalue weighted by molar-refractivity contribution is 5.34. The van der Waals surface area contributed by atoms with Crippen LogP contribution in [0.3, 0.4) is 0 Å². The fraction of sp³-hybridized carbons (Fsp3) is 0.444. The molecule has 1 aromatic carbocycles. The molecular formula is C18H24. The first-order valence-corrected chi connectivity index (χ1v) is 6.84. The van der Waals surface area contributed by atoms with Gasteiger partial charge in [0.25, 0.3) is 0 Å². The second-order valence-corrected chi connectivity index (χ2v) is 6.15. The highest BCUT2D eigenvalue weighted by Gasteiger charge is 2.29. The number of aryl methyl sites for hydroxylation is 2. The summed E-state index contributed by atoms with van der Waals surface area (Å²) in [5, 5.41) is 0. The van der Waals surface area contributed by atoms with E-state index in [1.165, 1.54) is 22.3 Å². The van der Waals surface area contributed by atoms with Crippen molar-refractivity contribution < 1.29 is 0 Å².